The second-order valence-electron chi connectivity index (χ2n) is 7.99. The van der Waals surface area contributed by atoms with Crippen LogP contribution in [0, 0.1) is 0 Å². The summed E-state index contributed by atoms with van der Waals surface area (Å²) in [5.41, 5.74) is 4.40. The molecule has 0 aliphatic rings. The number of hydrogen-bond donors (Lipinski definition) is 4. The Labute approximate surface area is 233 Å². The van der Waals surface area contributed by atoms with Gasteiger partial charge in [-0.2, -0.15) is 26.3 Å². The molecule has 0 unspecified atom stereocenters. The van der Waals surface area contributed by atoms with Crippen molar-refractivity contribution in [2.45, 2.75) is 25.3 Å². The maximum Gasteiger partial charge on any atom is 0.490 e. The zero-order valence-corrected chi connectivity index (χ0v) is 21.5. The minimum atomic E-state index is -5.08. The van der Waals surface area contributed by atoms with E-state index in [1.807, 2.05) is 42.5 Å². The maximum atomic E-state index is 10.6. The summed E-state index contributed by atoms with van der Waals surface area (Å²) in [7, 11) is 0. The number of carbonyl (C=O) groups is 2. The summed E-state index contributed by atoms with van der Waals surface area (Å²) in [4.78, 5) is 25.1. The van der Waals surface area contributed by atoms with Crippen molar-refractivity contribution in [3.63, 3.8) is 0 Å². The molecule has 8 nitrogen and oxygen atoms in total. The molecule has 0 radical (unpaired) electrons. The van der Waals surface area contributed by atoms with Crippen LogP contribution in [0.3, 0.4) is 0 Å². The van der Waals surface area contributed by atoms with Crippen LogP contribution < -0.4 is 10.1 Å². The Morgan fingerprint density at radius 1 is 0.829 bits per heavy atom. The van der Waals surface area contributed by atoms with Gasteiger partial charge in [0.2, 0.25) is 0 Å². The third kappa shape index (κ3) is 12.2. The molecule has 0 amide bonds. The fourth-order valence-corrected chi connectivity index (χ4v) is 3.03. The summed E-state index contributed by atoms with van der Waals surface area (Å²) in [6.07, 6.45) is -7.50. The van der Waals surface area contributed by atoms with Gasteiger partial charge in [-0.1, -0.05) is 35.9 Å². The maximum absolute atomic E-state index is 10.6. The molecule has 0 saturated heterocycles. The Kier molecular flexibility index (Phi) is 12.0. The predicted molar refractivity (Wildman–Crippen MR) is 137 cm³/mol. The SMILES string of the molecule is Clc1ccc(CCNCc2ccc(Oc3ccc4[nH]cnc4c3)cc2)cc1.O=C(O)C(F)(F)F.O=C(O)C(F)(F)F. The van der Waals surface area contributed by atoms with Gasteiger partial charge in [0.25, 0.3) is 0 Å². The van der Waals surface area contributed by atoms with Crippen LogP contribution in [0.4, 0.5) is 26.3 Å². The van der Waals surface area contributed by atoms with Crippen molar-refractivity contribution in [1.82, 2.24) is 15.3 Å². The van der Waals surface area contributed by atoms with Gasteiger partial charge < -0.3 is 25.3 Å². The van der Waals surface area contributed by atoms with E-state index in [-0.39, 0.29) is 0 Å². The smallest absolute Gasteiger partial charge is 0.475 e. The third-order valence-corrected chi connectivity index (χ3v) is 5.12. The first-order valence-corrected chi connectivity index (χ1v) is 11.8. The number of fused-ring (bicyclic) bond motifs is 1. The second-order valence-corrected chi connectivity index (χ2v) is 8.42. The van der Waals surface area contributed by atoms with Gasteiger partial charge in [0, 0.05) is 17.6 Å². The van der Waals surface area contributed by atoms with Crippen LogP contribution in [0.1, 0.15) is 11.1 Å². The van der Waals surface area contributed by atoms with Gasteiger partial charge in [-0.15, -0.1) is 0 Å². The number of aromatic amines is 1. The first-order chi connectivity index (χ1) is 19.1. The number of rotatable bonds is 7. The molecule has 0 bridgehead atoms. The summed E-state index contributed by atoms with van der Waals surface area (Å²) in [5.74, 6) is -3.92. The van der Waals surface area contributed by atoms with Crippen LogP contribution in [0.5, 0.6) is 11.5 Å². The van der Waals surface area contributed by atoms with Gasteiger partial charge in [-0.05, 0) is 60.5 Å². The van der Waals surface area contributed by atoms with E-state index in [0.29, 0.717) is 0 Å². The molecule has 0 spiro atoms. The molecule has 15 heteroatoms. The largest absolute Gasteiger partial charge is 0.490 e. The number of carboxylic acids is 2. The van der Waals surface area contributed by atoms with Crippen molar-refractivity contribution in [2.75, 3.05) is 6.54 Å². The van der Waals surface area contributed by atoms with Gasteiger partial charge in [-0.25, -0.2) is 14.6 Å². The molecule has 1 aromatic heterocycles. The number of imidazole rings is 1. The number of nitrogens with one attached hydrogen (secondary N) is 2. The summed E-state index contributed by atoms with van der Waals surface area (Å²) >= 11 is 5.91. The van der Waals surface area contributed by atoms with Gasteiger partial charge in [-0.3, -0.25) is 0 Å². The monoisotopic (exact) mass is 605 g/mol. The molecule has 0 aliphatic heterocycles. The molecule has 220 valence electrons. The highest BCUT2D eigenvalue weighted by Crippen LogP contribution is 2.24. The van der Waals surface area contributed by atoms with Gasteiger partial charge in [0.05, 0.1) is 17.4 Å². The summed E-state index contributed by atoms with van der Waals surface area (Å²) in [6, 6.07) is 22.0. The van der Waals surface area contributed by atoms with E-state index in [1.54, 1.807) is 6.33 Å². The zero-order chi connectivity index (χ0) is 30.6. The number of carboxylic acid groups (broad SMARTS) is 2. The van der Waals surface area contributed by atoms with Crippen molar-refractivity contribution in [1.29, 1.82) is 0 Å². The minimum absolute atomic E-state index is 0.776. The highest BCUT2D eigenvalue weighted by molar-refractivity contribution is 6.30. The Bertz CT molecular complexity index is 1380. The molecule has 41 heavy (non-hydrogen) atoms. The molecule has 4 N–H and O–H groups in total. The zero-order valence-electron chi connectivity index (χ0n) is 20.8. The van der Waals surface area contributed by atoms with Gasteiger partial charge in [0.15, 0.2) is 0 Å². The second kappa shape index (κ2) is 14.9. The molecule has 0 fully saturated rings. The van der Waals surface area contributed by atoms with Crippen molar-refractivity contribution < 1.29 is 50.9 Å². The lowest BCUT2D eigenvalue weighted by molar-refractivity contribution is -0.193. The minimum Gasteiger partial charge on any atom is -0.475 e. The Morgan fingerprint density at radius 2 is 1.34 bits per heavy atom. The quantitative estimate of drug-likeness (QED) is 0.138. The van der Waals surface area contributed by atoms with E-state index in [1.165, 1.54) is 11.1 Å². The van der Waals surface area contributed by atoms with Crippen LogP contribution in [0.15, 0.2) is 73.1 Å². The number of H-pyrrole nitrogens is 1. The van der Waals surface area contributed by atoms with Crippen molar-refractivity contribution in [3.8, 4) is 11.5 Å². The van der Waals surface area contributed by atoms with E-state index in [9.17, 15) is 26.3 Å². The van der Waals surface area contributed by atoms with Crippen LogP contribution in [-0.2, 0) is 22.6 Å². The summed E-state index contributed by atoms with van der Waals surface area (Å²) in [5, 5.41) is 18.5. The van der Waals surface area contributed by atoms with E-state index in [2.05, 4.69) is 39.6 Å². The van der Waals surface area contributed by atoms with Crippen LogP contribution in [-0.4, -0.2) is 51.0 Å². The Balaban J connectivity index is 0.000000349. The van der Waals surface area contributed by atoms with Crippen LogP contribution in [0.25, 0.3) is 11.0 Å². The topological polar surface area (TPSA) is 125 Å². The highest BCUT2D eigenvalue weighted by Gasteiger charge is 2.38. The molecular formula is C26H22ClF6N3O5. The van der Waals surface area contributed by atoms with E-state index >= 15 is 0 Å². The molecule has 4 rings (SSSR count). The van der Waals surface area contributed by atoms with Crippen molar-refractivity contribution in [2.24, 2.45) is 0 Å². The van der Waals surface area contributed by atoms with E-state index in [0.717, 1.165) is 47.1 Å². The fourth-order valence-electron chi connectivity index (χ4n) is 2.90. The van der Waals surface area contributed by atoms with E-state index < -0.39 is 24.3 Å². The molecular weight excluding hydrogens is 584 g/mol. The molecule has 1 heterocycles. The fraction of sp³-hybridized carbons (Fsp3) is 0.192. The molecule has 0 atom stereocenters. The predicted octanol–water partition coefficient (Wildman–Crippen LogP) is 6.61. The summed E-state index contributed by atoms with van der Waals surface area (Å²) in [6.45, 7) is 1.75. The summed E-state index contributed by atoms with van der Waals surface area (Å²) < 4.78 is 69.4. The number of nitrogens with zero attached hydrogens (tertiary/aromatic N) is 1. The first-order valence-electron chi connectivity index (χ1n) is 11.4. The molecule has 0 saturated carbocycles. The van der Waals surface area contributed by atoms with Gasteiger partial charge in [0.1, 0.15) is 11.5 Å². The average Bonchev–Trinajstić information content (AvgIpc) is 3.36. The van der Waals surface area contributed by atoms with Crippen molar-refractivity contribution in [3.05, 3.63) is 89.2 Å². The van der Waals surface area contributed by atoms with Gasteiger partial charge >= 0.3 is 24.3 Å². The molecule has 3 aromatic carbocycles. The average molecular weight is 606 g/mol. The van der Waals surface area contributed by atoms with Crippen molar-refractivity contribution >= 4 is 34.6 Å². The number of aliphatic carboxylic acids is 2. The first kappa shape index (κ1) is 32.9. The lowest BCUT2D eigenvalue weighted by Crippen LogP contribution is -2.21. The third-order valence-electron chi connectivity index (χ3n) is 4.87. The number of alkyl halides is 6. The number of aromatic nitrogens is 2. The standard InChI is InChI=1S/C22H20ClN3O.2C2HF3O2/c23-18-5-1-16(2-6-18)11-12-24-14-17-3-7-19(8-4-17)27-20-9-10-21-22(13-20)26-15-25-21;2*3-2(4,5)1(6)7/h1-10,13,15,24H,11-12,14H2,(H,25,26);2*(H,6,7). The number of benzene rings is 3. The van der Waals surface area contributed by atoms with Crippen LogP contribution >= 0.6 is 11.6 Å². The number of halogens is 7. The lowest BCUT2D eigenvalue weighted by Gasteiger charge is -2.08. The Hall–Kier alpha value is -4.30. The normalized spacial score (nSPS) is 11.1. The lowest BCUT2D eigenvalue weighted by atomic mass is 10.1. The number of ether oxygens (including phenoxy) is 1. The Morgan fingerprint density at radius 3 is 1.88 bits per heavy atom. The van der Waals surface area contributed by atoms with E-state index in [4.69, 9.17) is 36.1 Å². The molecule has 4 aromatic rings. The molecule has 0 aliphatic carbocycles. The van der Waals surface area contributed by atoms with Crippen LogP contribution in [0.2, 0.25) is 5.02 Å². The highest BCUT2D eigenvalue weighted by atomic mass is 35.5. The number of hydrogen-bond acceptors (Lipinski definition) is 5.